The molecule has 4 N–H and O–H groups in total. The summed E-state index contributed by atoms with van der Waals surface area (Å²) in [6, 6.07) is 7.25. The number of aliphatic hydroxyl groups is 2. The normalized spacial score (nSPS) is 8.00. The van der Waals surface area contributed by atoms with Crippen LogP contribution in [0.25, 0.3) is 0 Å². The first-order valence-corrected chi connectivity index (χ1v) is 5.14. The van der Waals surface area contributed by atoms with E-state index in [1.807, 2.05) is 12.1 Å². The Morgan fingerprint density at radius 3 is 2.47 bits per heavy atom. The van der Waals surface area contributed by atoms with E-state index in [4.69, 9.17) is 20.7 Å². The molecule has 0 aliphatic carbocycles. The number of aldehydes is 1. The minimum Gasteiger partial charge on any atom is -0.494 e. The number of carbonyl (C=O) groups is 1. The number of carbonyl (C=O) groups excluding carboxylic acids is 1. The van der Waals surface area contributed by atoms with Crippen molar-refractivity contribution in [3.05, 3.63) is 24.3 Å². The topological polar surface area (TPSA) is 92.8 Å². The molecule has 0 atom stereocenters. The lowest BCUT2D eigenvalue weighted by Gasteiger charge is -2.04. The van der Waals surface area contributed by atoms with E-state index < -0.39 is 0 Å². The summed E-state index contributed by atoms with van der Waals surface area (Å²) in [4.78, 5) is 9.99. The van der Waals surface area contributed by atoms with Gasteiger partial charge in [-0.1, -0.05) is 6.07 Å². The van der Waals surface area contributed by atoms with E-state index in [1.54, 1.807) is 12.1 Å². The number of hydrogen-bond acceptors (Lipinski definition) is 5. The van der Waals surface area contributed by atoms with Crippen molar-refractivity contribution < 1.29 is 19.7 Å². The van der Waals surface area contributed by atoms with Crippen molar-refractivity contribution in [2.45, 2.75) is 12.8 Å². The highest BCUT2D eigenvalue weighted by molar-refractivity contribution is 5.49. The largest absolute Gasteiger partial charge is 0.494 e. The molecule has 98 valence electrons. The summed E-state index contributed by atoms with van der Waals surface area (Å²) >= 11 is 0. The predicted molar refractivity (Wildman–Crippen MR) is 67.9 cm³/mol. The molecule has 1 aromatic carbocycles. The second-order valence-electron chi connectivity index (χ2n) is 2.73. The Labute approximate surface area is 102 Å². The van der Waals surface area contributed by atoms with Crippen LogP contribution in [0.4, 0.5) is 5.69 Å². The van der Waals surface area contributed by atoms with Crippen LogP contribution < -0.4 is 10.5 Å². The van der Waals surface area contributed by atoms with Crippen molar-refractivity contribution in [3.63, 3.8) is 0 Å². The van der Waals surface area contributed by atoms with Gasteiger partial charge in [-0.15, -0.1) is 0 Å². The van der Waals surface area contributed by atoms with Gasteiger partial charge < -0.3 is 25.5 Å². The summed E-state index contributed by atoms with van der Waals surface area (Å²) in [6.45, 7) is 0.558. The Morgan fingerprint density at radius 2 is 1.94 bits per heavy atom. The Hall–Kier alpha value is -1.59. The first kappa shape index (κ1) is 17.8. The van der Waals surface area contributed by atoms with E-state index in [-0.39, 0.29) is 0 Å². The summed E-state index contributed by atoms with van der Waals surface area (Å²) in [7, 11) is 2.00. The second kappa shape index (κ2) is 14.4. The molecule has 1 rings (SSSR count). The van der Waals surface area contributed by atoms with Crippen LogP contribution in [0.3, 0.4) is 0 Å². The molecule has 0 fully saturated rings. The lowest BCUT2D eigenvalue weighted by molar-refractivity contribution is -0.108. The number of aliphatic hydroxyl groups excluding tert-OH is 2. The summed E-state index contributed by atoms with van der Waals surface area (Å²) < 4.78 is 5.35. The Balaban J connectivity index is 0. The van der Waals surface area contributed by atoms with Crippen LogP contribution in [0.2, 0.25) is 0 Å². The molecule has 0 amide bonds. The van der Waals surface area contributed by atoms with Gasteiger partial charge in [0.15, 0.2) is 0 Å². The lowest BCUT2D eigenvalue weighted by Crippen LogP contribution is -1.97. The number of ether oxygens (including phenoxy) is 1. The highest BCUT2D eigenvalue weighted by Gasteiger charge is 1.93. The number of unbranched alkanes of at least 4 members (excludes halogenated alkanes) is 1. The maximum atomic E-state index is 9.99. The zero-order valence-corrected chi connectivity index (χ0v) is 10.3. The van der Waals surface area contributed by atoms with Gasteiger partial charge in [-0.2, -0.15) is 0 Å². The zero-order chi connectivity index (χ0) is 13.5. The molecule has 0 heterocycles. The molecule has 17 heavy (non-hydrogen) atoms. The monoisotopic (exact) mass is 243 g/mol. The third-order valence-electron chi connectivity index (χ3n) is 1.59. The molecule has 5 nitrogen and oxygen atoms in total. The van der Waals surface area contributed by atoms with Crippen molar-refractivity contribution in [3.8, 4) is 5.75 Å². The van der Waals surface area contributed by atoms with Gasteiger partial charge in [0.2, 0.25) is 0 Å². The van der Waals surface area contributed by atoms with E-state index in [1.165, 1.54) is 0 Å². The number of rotatable bonds is 5. The number of nitrogens with two attached hydrogens (primary N) is 1. The molecule has 0 aliphatic heterocycles. The van der Waals surface area contributed by atoms with Crippen LogP contribution >= 0.6 is 0 Å². The van der Waals surface area contributed by atoms with Crippen molar-refractivity contribution >= 4 is 12.0 Å². The highest BCUT2D eigenvalue weighted by Crippen LogP contribution is 2.14. The third kappa shape index (κ3) is 10.7. The summed E-state index contributed by atoms with van der Waals surface area (Å²) in [5.41, 5.74) is 6.24. The molecule has 5 heteroatoms. The van der Waals surface area contributed by atoms with Crippen molar-refractivity contribution in [2.75, 3.05) is 26.6 Å². The Kier molecular flexibility index (Phi) is 15.1. The van der Waals surface area contributed by atoms with Crippen LogP contribution in [0.1, 0.15) is 12.8 Å². The van der Waals surface area contributed by atoms with Gasteiger partial charge in [0, 0.05) is 32.4 Å². The molecule has 0 aromatic heterocycles. The standard InChI is InChI=1S/C10H13NO2.2CH4O/c11-9-4-3-5-10(8-9)13-7-2-1-6-12;2*1-2/h3-6,8H,1-2,7,11H2;2*2H,1H3. The van der Waals surface area contributed by atoms with Gasteiger partial charge in [-0.3, -0.25) is 0 Å². The Bertz CT molecular complexity index is 279. The minimum atomic E-state index is 0.544. The zero-order valence-electron chi connectivity index (χ0n) is 10.3. The highest BCUT2D eigenvalue weighted by atomic mass is 16.5. The van der Waals surface area contributed by atoms with E-state index in [0.717, 1.165) is 32.7 Å². The fraction of sp³-hybridized carbons (Fsp3) is 0.417. The van der Waals surface area contributed by atoms with Gasteiger partial charge in [0.1, 0.15) is 12.0 Å². The van der Waals surface area contributed by atoms with Crippen LogP contribution in [0.15, 0.2) is 24.3 Å². The molecule has 0 unspecified atom stereocenters. The molecule has 0 spiro atoms. The summed E-state index contributed by atoms with van der Waals surface area (Å²) in [5.74, 6) is 0.755. The maximum absolute atomic E-state index is 9.99. The second-order valence-corrected chi connectivity index (χ2v) is 2.73. The quantitative estimate of drug-likeness (QED) is 0.405. The van der Waals surface area contributed by atoms with Crippen molar-refractivity contribution in [1.29, 1.82) is 0 Å². The number of benzene rings is 1. The van der Waals surface area contributed by atoms with E-state index in [0.29, 0.717) is 18.7 Å². The van der Waals surface area contributed by atoms with Gasteiger partial charge in [0.25, 0.3) is 0 Å². The average Bonchev–Trinajstić information content (AvgIpc) is 2.40. The van der Waals surface area contributed by atoms with E-state index >= 15 is 0 Å². The molecule has 0 radical (unpaired) electrons. The molecule has 0 aliphatic rings. The summed E-state index contributed by atoms with van der Waals surface area (Å²) in [6.07, 6.45) is 2.18. The van der Waals surface area contributed by atoms with E-state index in [2.05, 4.69) is 0 Å². The Morgan fingerprint density at radius 1 is 1.29 bits per heavy atom. The van der Waals surface area contributed by atoms with Gasteiger partial charge in [-0.05, 0) is 18.6 Å². The molecular formula is C12H21NO4. The third-order valence-corrected chi connectivity index (χ3v) is 1.59. The predicted octanol–water partition coefficient (Wildman–Crippen LogP) is 0.844. The lowest BCUT2D eigenvalue weighted by atomic mass is 10.3. The average molecular weight is 243 g/mol. The van der Waals surface area contributed by atoms with Crippen LogP contribution in [-0.2, 0) is 4.79 Å². The van der Waals surface area contributed by atoms with Crippen LogP contribution in [0, 0.1) is 0 Å². The fourth-order valence-electron chi connectivity index (χ4n) is 0.961. The number of hydrogen-bond donors (Lipinski definition) is 3. The fourth-order valence-corrected chi connectivity index (χ4v) is 0.961. The molecule has 0 bridgehead atoms. The molecule has 0 saturated heterocycles. The minimum absolute atomic E-state index is 0.544. The SMILES string of the molecule is CO.CO.Nc1cccc(OCCCC=O)c1. The van der Waals surface area contributed by atoms with Crippen LogP contribution in [0.5, 0.6) is 5.75 Å². The van der Waals surface area contributed by atoms with Gasteiger partial charge in [0.05, 0.1) is 6.61 Å². The smallest absolute Gasteiger partial charge is 0.121 e. The maximum Gasteiger partial charge on any atom is 0.121 e. The van der Waals surface area contributed by atoms with Gasteiger partial charge in [-0.25, -0.2) is 0 Å². The summed E-state index contributed by atoms with van der Waals surface area (Å²) in [5, 5.41) is 14.0. The first-order valence-electron chi connectivity index (χ1n) is 5.14. The number of nitrogen functional groups attached to an aromatic ring is 1. The molecular weight excluding hydrogens is 222 g/mol. The molecule has 0 saturated carbocycles. The van der Waals surface area contributed by atoms with Crippen LogP contribution in [-0.4, -0.2) is 37.3 Å². The number of anilines is 1. The van der Waals surface area contributed by atoms with Crippen molar-refractivity contribution in [1.82, 2.24) is 0 Å². The first-order chi connectivity index (χ1) is 8.33. The molecule has 1 aromatic rings. The van der Waals surface area contributed by atoms with Gasteiger partial charge >= 0.3 is 0 Å². The van der Waals surface area contributed by atoms with E-state index in [9.17, 15) is 4.79 Å². The van der Waals surface area contributed by atoms with Crippen molar-refractivity contribution in [2.24, 2.45) is 0 Å².